The first kappa shape index (κ1) is 16.8. The average Bonchev–Trinajstić information content (AvgIpc) is 3.13. The minimum Gasteiger partial charge on any atom is -0.337 e. The zero-order chi connectivity index (χ0) is 16.4. The van der Waals surface area contributed by atoms with Gasteiger partial charge in [0.25, 0.3) is 0 Å². The highest BCUT2D eigenvalue weighted by Crippen LogP contribution is 2.49. The Hall–Kier alpha value is -1.58. The number of hydrogen-bond donors (Lipinski definition) is 1. The van der Waals surface area contributed by atoms with Crippen LogP contribution in [0.1, 0.15) is 30.9 Å². The number of hydrogen-bond acceptors (Lipinski definition) is 4. The molecule has 0 radical (unpaired) electrons. The van der Waals surface area contributed by atoms with Crippen LogP contribution in [0, 0.1) is 16.7 Å². The second-order valence-electron chi connectivity index (χ2n) is 5.93. The molecule has 1 aromatic carbocycles. The van der Waals surface area contributed by atoms with Crippen molar-refractivity contribution in [1.29, 1.82) is 5.26 Å². The van der Waals surface area contributed by atoms with E-state index in [9.17, 15) is 18.5 Å². The number of carbonyl (C=O) groups is 1. The number of benzene rings is 1. The van der Waals surface area contributed by atoms with Crippen molar-refractivity contribution in [1.82, 2.24) is 5.32 Å². The SMILES string of the molecule is CS(=O)(=O)CC1(CC(=O)N[C@@H](C#N)c2ccc(Cl)cc2)CC1. The van der Waals surface area contributed by atoms with E-state index in [0.29, 0.717) is 10.6 Å². The van der Waals surface area contributed by atoms with Crippen molar-refractivity contribution in [2.24, 2.45) is 5.41 Å². The van der Waals surface area contributed by atoms with Crippen LogP contribution in [0.25, 0.3) is 0 Å². The number of carbonyl (C=O) groups excluding carboxylic acids is 1. The lowest BCUT2D eigenvalue weighted by Crippen LogP contribution is -2.31. The summed E-state index contributed by atoms with van der Waals surface area (Å²) in [5.74, 6) is -0.284. The Morgan fingerprint density at radius 2 is 2.00 bits per heavy atom. The van der Waals surface area contributed by atoms with Crippen LogP contribution in [-0.4, -0.2) is 26.3 Å². The molecular formula is C15H17ClN2O3S. The van der Waals surface area contributed by atoms with Gasteiger partial charge < -0.3 is 5.32 Å². The van der Waals surface area contributed by atoms with E-state index in [2.05, 4.69) is 5.32 Å². The van der Waals surface area contributed by atoms with Gasteiger partial charge in [-0.25, -0.2) is 8.42 Å². The molecule has 0 heterocycles. The minimum absolute atomic E-state index is 0.0194. The molecule has 1 fully saturated rings. The average molecular weight is 341 g/mol. The zero-order valence-corrected chi connectivity index (χ0v) is 13.7. The highest BCUT2D eigenvalue weighted by molar-refractivity contribution is 7.90. The van der Waals surface area contributed by atoms with Crippen molar-refractivity contribution in [2.75, 3.05) is 12.0 Å². The maximum Gasteiger partial charge on any atom is 0.221 e. The standard InChI is InChI=1S/C15H17ClN2O3S/c1-22(20,21)10-15(6-7-15)8-14(19)18-13(9-17)11-2-4-12(16)5-3-11/h2-5,13H,6-8,10H2,1H3,(H,18,19)/t13-/m0/s1. The summed E-state index contributed by atoms with van der Waals surface area (Å²) in [4.78, 5) is 12.1. The van der Waals surface area contributed by atoms with Crippen molar-refractivity contribution < 1.29 is 13.2 Å². The molecule has 0 aliphatic heterocycles. The minimum atomic E-state index is -3.12. The molecule has 2 rings (SSSR count). The molecule has 5 nitrogen and oxygen atoms in total. The molecule has 0 spiro atoms. The van der Waals surface area contributed by atoms with Gasteiger partial charge in [-0.15, -0.1) is 0 Å². The van der Waals surface area contributed by atoms with Crippen LogP contribution >= 0.6 is 11.6 Å². The molecule has 22 heavy (non-hydrogen) atoms. The molecule has 1 aliphatic rings. The smallest absolute Gasteiger partial charge is 0.221 e. The van der Waals surface area contributed by atoms with Crippen molar-refractivity contribution >= 4 is 27.3 Å². The van der Waals surface area contributed by atoms with Gasteiger partial charge in [-0.3, -0.25) is 4.79 Å². The number of amides is 1. The molecule has 1 saturated carbocycles. The van der Waals surface area contributed by atoms with E-state index in [1.807, 2.05) is 6.07 Å². The van der Waals surface area contributed by atoms with Crippen LogP contribution in [0.4, 0.5) is 0 Å². The molecule has 118 valence electrons. The molecule has 1 amide bonds. The zero-order valence-electron chi connectivity index (χ0n) is 12.2. The number of rotatable bonds is 6. The summed E-state index contributed by atoms with van der Waals surface area (Å²) in [6, 6.07) is 7.93. The summed E-state index contributed by atoms with van der Waals surface area (Å²) in [5, 5.41) is 12.4. The van der Waals surface area contributed by atoms with Gasteiger partial charge in [-0.1, -0.05) is 23.7 Å². The first-order valence-electron chi connectivity index (χ1n) is 6.85. The Balaban J connectivity index is 1.99. The molecule has 7 heteroatoms. The molecule has 1 atom stereocenters. The molecule has 0 saturated heterocycles. The highest BCUT2D eigenvalue weighted by Gasteiger charge is 2.46. The molecular weight excluding hydrogens is 324 g/mol. The van der Waals surface area contributed by atoms with Crippen LogP contribution < -0.4 is 5.32 Å². The van der Waals surface area contributed by atoms with E-state index in [4.69, 9.17) is 11.6 Å². The Bertz CT molecular complexity index is 703. The van der Waals surface area contributed by atoms with Crippen LogP contribution in [0.3, 0.4) is 0 Å². The summed E-state index contributed by atoms with van der Waals surface area (Å²) in [5.41, 5.74) is 0.200. The lowest BCUT2D eigenvalue weighted by Gasteiger charge is -2.16. The third-order valence-corrected chi connectivity index (χ3v) is 5.09. The first-order valence-corrected chi connectivity index (χ1v) is 9.29. The maximum atomic E-state index is 12.1. The number of halogens is 1. The third kappa shape index (κ3) is 4.72. The Morgan fingerprint density at radius 3 is 2.45 bits per heavy atom. The fourth-order valence-corrected chi connectivity index (χ4v) is 4.13. The summed E-state index contributed by atoms with van der Waals surface area (Å²) in [6.45, 7) is 0. The van der Waals surface area contributed by atoms with E-state index >= 15 is 0 Å². The van der Waals surface area contributed by atoms with E-state index in [0.717, 1.165) is 12.8 Å². The van der Waals surface area contributed by atoms with Crippen LogP contribution in [0.5, 0.6) is 0 Å². The maximum absolute atomic E-state index is 12.1. The predicted molar refractivity (Wildman–Crippen MR) is 83.9 cm³/mol. The number of nitriles is 1. The number of nitrogens with zero attached hydrogens (tertiary/aromatic N) is 1. The summed E-state index contributed by atoms with van der Waals surface area (Å²) >= 11 is 5.80. The summed E-state index contributed by atoms with van der Waals surface area (Å²) in [7, 11) is -3.12. The van der Waals surface area contributed by atoms with E-state index < -0.39 is 21.3 Å². The Kier molecular flexibility index (Phi) is 4.78. The van der Waals surface area contributed by atoms with Gasteiger partial charge in [-0.05, 0) is 36.0 Å². The fraction of sp³-hybridized carbons (Fsp3) is 0.467. The molecule has 0 unspecified atom stereocenters. The van der Waals surface area contributed by atoms with Crippen molar-refractivity contribution in [3.8, 4) is 6.07 Å². The quantitative estimate of drug-likeness (QED) is 0.860. The lowest BCUT2D eigenvalue weighted by molar-refractivity contribution is -0.122. The number of nitrogens with one attached hydrogen (secondary N) is 1. The molecule has 1 aromatic rings. The van der Waals surface area contributed by atoms with E-state index in [-0.39, 0.29) is 18.1 Å². The Labute approximate surface area is 135 Å². The van der Waals surface area contributed by atoms with Gasteiger partial charge >= 0.3 is 0 Å². The number of sulfone groups is 1. The highest BCUT2D eigenvalue weighted by atomic mass is 35.5. The first-order chi connectivity index (χ1) is 10.2. The van der Waals surface area contributed by atoms with Crippen LogP contribution in [0.15, 0.2) is 24.3 Å². The topological polar surface area (TPSA) is 87.0 Å². The summed E-state index contributed by atoms with van der Waals surface area (Å²) in [6.07, 6.45) is 2.76. The lowest BCUT2D eigenvalue weighted by atomic mass is 10.0. The van der Waals surface area contributed by atoms with Crippen LogP contribution in [0.2, 0.25) is 5.02 Å². The molecule has 1 aliphatic carbocycles. The second kappa shape index (κ2) is 6.27. The predicted octanol–water partition coefficient (Wildman–Crippen LogP) is 2.24. The largest absolute Gasteiger partial charge is 0.337 e. The van der Waals surface area contributed by atoms with Crippen LogP contribution in [-0.2, 0) is 14.6 Å². The fourth-order valence-electron chi connectivity index (χ4n) is 2.50. The van der Waals surface area contributed by atoms with Gasteiger partial charge in [0.15, 0.2) is 0 Å². The van der Waals surface area contributed by atoms with Gasteiger partial charge in [0.05, 0.1) is 11.8 Å². The van der Waals surface area contributed by atoms with Gasteiger partial charge in [0.1, 0.15) is 15.9 Å². The monoisotopic (exact) mass is 340 g/mol. The van der Waals surface area contributed by atoms with E-state index in [1.54, 1.807) is 24.3 Å². The van der Waals surface area contributed by atoms with E-state index in [1.165, 1.54) is 6.26 Å². The van der Waals surface area contributed by atoms with Crippen molar-refractivity contribution in [3.63, 3.8) is 0 Å². The second-order valence-corrected chi connectivity index (χ2v) is 8.50. The van der Waals surface area contributed by atoms with Crippen molar-refractivity contribution in [3.05, 3.63) is 34.9 Å². The molecule has 0 aromatic heterocycles. The van der Waals surface area contributed by atoms with Gasteiger partial charge in [0.2, 0.25) is 5.91 Å². The Morgan fingerprint density at radius 1 is 1.41 bits per heavy atom. The summed E-state index contributed by atoms with van der Waals surface area (Å²) < 4.78 is 22.8. The molecule has 0 bridgehead atoms. The van der Waals surface area contributed by atoms with Gasteiger partial charge in [-0.2, -0.15) is 5.26 Å². The normalized spacial score (nSPS) is 17.3. The molecule has 1 N–H and O–H groups in total. The third-order valence-electron chi connectivity index (χ3n) is 3.70. The van der Waals surface area contributed by atoms with Crippen molar-refractivity contribution in [2.45, 2.75) is 25.3 Å². The van der Waals surface area contributed by atoms with Gasteiger partial charge in [0, 0.05) is 17.7 Å².